The van der Waals surface area contributed by atoms with Crippen molar-refractivity contribution in [3.8, 4) is 44.5 Å². The Hall–Kier alpha value is -3.90. The van der Waals surface area contributed by atoms with Crippen LogP contribution in [0.15, 0.2) is 115 Å². The molecule has 5 aromatic rings. The summed E-state index contributed by atoms with van der Waals surface area (Å²) in [5.41, 5.74) is 13.8. The molecule has 0 aliphatic carbocycles. The SMILES string of the molecule is Cc1cccc(-c2cccc(-c3cc(C)cc(-c4cccc(-c5cccc(C)c5)c4)c3)c2)c1. The average Bonchev–Trinajstić information content (AvgIpc) is 2.84. The maximum absolute atomic E-state index is 2.32. The third-order valence-corrected chi connectivity index (χ3v) is 6.17. The monoisotopic (exact) mass is 424 g/mol. The highest BCUT2D eigenvalue weighted by molar-refractivity contribution is 5.79. The van der Waals surface area contributed by atoms with Gasteiger partial charge >= 0.3 is 0 Å². The highest BCUT2D eigenvalue weighted by Crippen LogP contribution is 2.33. The van der Waals surface area contributed by atoms with E-state index >= 15 is 0 Å². The van der Waals surface area contributed by atoms with Gasteiger partial charge in [-0.15, -0.1) is 0 Å². The maximum atomic E-state index is 2.32. The lowest BCUT2D eigenvalue weighted by atomic mass is 9.93. The van der Waals surface area contributed by atoms with Crippen molar-refractivity contribution >= 4 is 0 Å². The Balaban J connectivity index is 1.55. The summed E-state index contributed by atoms with van der Waals surface area (Å²) in [5, 5.41) is 0. The fourth-order valence-corrected chi connectivity index (χ4v) is 4.52. The Labute approximate surface area is 197 Å². The highest BCUT2D eigenvalue weighted by atomic mass is 14.1. The molecule has 5 rings (SSSR count). The van der Waals surface area contributed by atoms with Gasteiger partial charge in [0.15, 0.2) is 0 Å². The molecule has 0 heteroatoms. The summed E-state index contributed by atoms with van der Waals surface area (Å²) >= 11 is 0. The van der Waals surface area contributed by atoms with Gasteiger partial charge in [-0.25, -0.2) is 0 Å². The van der Waals surface area contributed by atoms with Crippen molar-refractivity contribution in [2.24, 2.45) is 0 Å². The zero-order chi connectivity index (χ0) is 22.8. The van der Waals surface area contributed by atoms with Crippen molar-refractivity contribution in [3.05, 3.63) is 132 Å². The van der Waals surface area contributed by atoms with Crippen molar-refractivity contribution in [1.82, 2.24) is 0 Å². The Morgan fingerprint density at radius 2 is 0.545 bits per heavy atom. The smallest absolute Gasteiger partial charge is 0.0175 e. The van der Waals surface area contributed by atoms with E-state index in [1.807, 2.05) is 0 Å². The molecule has 0 aromatic heterocycles. The lowest BCUT2D eigenvalue weighted by Gasteiger charge is -2.12. The van der Waals surface area contributed by atoms with Crippen LogP contribution in [0.3, 0.4) is 0 Å². The normalized spacial score (nSPS) is 10.9. The van der Waals surface area contributed by atoms with Crippen LogP contribution in [-0.2, 0) is 0 Å². The van der Waals surface area contributed by atoms with E-state index in [0.29, 0.717) is 0 Å². The van der Waals surface area contributed by atoms with Crippen molar-refractivity contribution in [1.29, 1.82) is 0 Å². The first-order chi connectivity index (χ1) is 16.0. The standard InChI is InChI=1S/C33H28/c1-23-8-4-10-26(16-23)28-12-6-14-30(20-28)32-18-25(3)19-33(22-32)31-15-7-13-29(21-31)27-11-5-9-24(2)17-27/h4-22H,1-3H3. The van der Waals surface area contributed by atoms with Gasteiger partial charge in [0.05, 0.1) is 0 Å². The van der Waals surface area contributed by atoms with Gasteiger partial charge in [-0.05, 0) is 89.0 Å². The molecule has 0 N–H and O–H groups in total. The van der Waals surface area contributed by atoms with E-state index in [2.05, 4.69) is 136 Å². The molecule has 5 aromatic carbocycles. The van der Waals surface area contributed by atoms with E-state index < -0.39 is 0 Å². The van der Waals surface area contributed by atoms with Gasteiger partial charge in [0.1, 0.15) is 0 Å². The van der Waals surface area contributed by atoms with Gasteiger partial charge in [-0.3, -0.25) is 0 Å². The highest BCUT2D eigenvalue weighted by Gasteiger charge is 2.07. The van der Waals surface area contributed by atoms with E-state index in [4.69, 9.17) is 0 Å². The van der Waals surface area contributed by atoms with Crippen molar-refractivity contribution in [2.75, 3.05) is 0 Å². The van der Waals surface area contributed by atoms with E-state index in [-0.39, 0.29) is 0 Å². The van der Waals surface area contributed by atoms with Crippen LogP contribution in [0.5, 0.6) is 0 Å². The molecule has 0 fully saturated rings. The maximum Gasteiger partial charge on any atom is -0.0175 e. The fraction of sp³-hybridized carbons (Fsp3) is 0.0909. The van der Waals surface area contributed by atoms with Crippen LogP contribution in [0.1, 0.15) is 16.7 Å². The molecule has 0 bridgehead atoms. The molecule has 160 valence electrons. The Bertz CT molecular complexity index is 1330. The minimum absolute atomic E-state index is 1.24. The number of hydrogen-bond acceptors (Lipinski definition) is 0. The summed E-state index contributed by atoms with van der Waals surface area (Å²) in [5.74, 6) is 0. The predicted octanol–water partition coefficient (Wildman–Crippen LogP) is 9.28. The first-order valence-corrected chi connectivity index (χ1v) is 11.5. The zero-order valence-corrected chi connectivity index (χ0v) is 19.5. The van der Waals surface area contributed by atoms with Crippen LogP contribution < -0.4 is 0 Å². The second-order valence-corrected chi connectivity index (χ2v) is 8.99. The lowest BCUT2D eigenvalue weighted by Crippen LogP contribution is -1.87. The summed E-state index contributed by atoms with van der Waals surface area (Å²) < 4.78 is 0. The van der Waals surface area contributed by atoms with Gasteiger partial charge in [-0.2, -0.15) is 0 Å². The molecule has 0 atom stereocenters. The van der Waals surface area contributed by atoms with E-state index in [1.165, 1.54) is 61.2 Å². The minimum atomic E-state index is 1.24. The molecule has 0 unspecified atom stereocenters. The molecule has 0 heterocycles. The molecule has 0 radical (unpaired) electrons. The second-order valence-electron chi connectivity index (χ2n) is 8.99. The van der Waals surface area contributed by atoms with Gasteiger partial charge in [-0.1, -0.05) is 108 Å². The Morgan fingerprint density at radius 1 is 0.273 bits per heavy atom. The Kier molecular flexibility index (Phi) is 5.67. The molecule has 33 heavy (non-hydrogen) atoms. The number of hydrogen-bond donors (Lipinski definition) is 0. The third kappa shape index (κ3) is 4.66. The van der Waals surface area contributed by atoms with Gasteiger partial charge in [0.2, 0.25) is 0 Å². The third-order valence-electron chi connectivity index (χ3n) is 6.17. The van der Waals surface area contributed by atoms with Crippen LogP contribution in [0, 0.1) is 20.8 Å². The van der Waals surface area contributed by atoms with E-state index in [0.717, 1.165) is 0 Å². The zero-order valence-electron chi connectivity index (χ0n) is 19.5. The Morgan fingerprint density at radius 3 is 0.939 bits per heavy atom. The molecule has 0 saturated heterocycles. The van der Waals surface area contributed by atoms with E-state index in [1.54, 1.807) is 0 Å². The van der Waals surface area contributed by atoms with Crippen LogP contribution in [0.2, 0.25) is 0 Å². The quantitative estimate of drug-likeness (QED) is 0.270. The molecule has 0 saturated carbocycles. The van der Waals surface area contributed by atoms with Crippen LogP contribution in [0.25, 0.3) is 44.5 Å². The molecule has 0 aliphatic rings. The topological polar surface area (TPSA) is 0 Å². The molecule has 0 spiro atoms. The lowest BCUT2D eigenvalue weighted by molar-refractivity contribution is 1.45. The molecule has 0 amide bonds. The minimum Gasteiger partial charge on any atom is -0.0614 e. The number of aryl methyl sites for hydroxylation is 3. The summed E-state index contributed by atoms with van der Waals surface area (Å²) in [7, 11) is 0. The van der Waals surface area contributed by atoms with Gasteiger partial charge in [0, 0.05) is 0 Å². The summed E-state index contributed by atoms with van der Waals surface area (Å²) in [6.07, 6.45) is 0. The summed E-state index contributed by atoms with van der Waals surface area (Å²) in [4.78, 5) is 0. The first-order valence-electron chi connectivity index (χ1n) is 11.5. The molecule has 0 nitrogen and oxygen atoms in total. The summed E-state index contributed by atoms with van der Waals surface area (Å²) in [6.45, 7) is 6.47. The largest absolute Gasteiger partial charge is 0.0614 e. The second kappa shape index (κ2) is 8.92. The molecular weight excluding hydrogens is 396 g/mol. The first kappa shape index (κ1) is 21.0. The van der Waals surface area contributed by atoms with Crippen molar-refractivity contribution < 1.29 is 0 Å². The van der Waals surface area contributed by atoms with Crippen molar-refractivity contribution in [2.45, 2.75) is 20.8 Å². The number of rotatable bonds is 4. The van der Waals surface area contributed by atoms with Crippen LogP contribution in [-0.4, -0.2) is 0 Å². The van der Waals surface area contributed by atoms with Crippen LogP contribution >= 0.6 is 0 Å². The molecule has 0 aliphatic heterocycles. The van der Waals surface area contributed by atoms with E-state index in [9.17, 15) is 0 Å². The predicted molar refractivity (Wildman–Crippen MR) is 142 cm³/mol. The number of benzene rings is 5. The van der Waals surface area contributed by atoms with Crippen molar-refractivity contribution in [3.63, 3.8) is 0 Å². The molecular formula is C33H28. The van der Waals surface area contributed by atoms with Gasteiger partial charge in [0.25, 0.3) is 0 Å². The summed E-state index contributed by atoms with van der Waals surface area (Å²) in [6, 6.07) is 42.0. The average molecular weight is 425 g/mol. The van der Waals surface area contributed by atoms with Gasteiger partial charge < -0.3 is 0 Å². The fourth-order valence-electron chi connectivity index (χ4n) is 4.52. The van der Waals surface area contributed by atoms with Crippen LogP contribution in [0.4, 0.5) is 0 Å².